The van der Waals surface area contributed by atoms with E-state index in [-0.39, 0.29) is 17.5 Å². The topological polar surface area (TPSA) is 82.5 Å². The molecule has 1 heterocycles. The van der Waals surface area contributed by atoms with Gasteiger partial charge in [-0.2, -0.15) is 0 Å². The lowest BCUT2D eigenvalue weighted by Crippen LogP contribution is -2.37. The molecular weight excluding hydrogens is 254 g/mol. The average molecular weight is 271 g/mol. The maximum atomic E-state index is 11.6. The Labute approximate surface area is 110 Å². The minimum absolute atomic E-state index is 0.179. The zero-order chi connectivity index (χ0) is 13.7. The predicted molar refractivity (Wildman–Crippen MR) is 69.0 cm³/mol. The highest BCUT2D eigenvalue weighted by Crippen LogP contribution is 2.17. The molecule has 0 aliphatic heterocycles. The van der Waals surface area contributed by atoms with E-state index in [1.165, 1.54) is 0 Å². The second-order valence-electron chi connectivity index (χ2n) is 3.91. The number of nitrogens with zero attached hydrogens (tertiary/aromatic N) is 2. The van der Waals surface area contributed by atoms with Crippen molar-refractivity contribution in [1.29, 1.82) is 0 Å². The molecule has 1 rings (SSSR count). The number of aryl methyl sites for hydroxylation is 1. The van der Waals surface area contributed by atoms with Gasteiger partial charge in [0.15, 0.2) is 0 Å². The van der Waals surface area contributed by atoms with Crippen molar-refractivity contribution in [3.63, 3.8) is 0 Å². The van der Waals surface area contributed by atoms with Gasteiger partial charge in [-0.1, -0.05) is 6.92 Å². The number of nitrogens with one attached hydrogen (secondary N) is 1. The van der Waals surface area contributed by atoms with Crippen LogP contribution in [-0.4, -0.2) is 40.6 Å². The van der Waals surface area contributed by atoms with Crippen molar-refractivity contribution in [2.45, 2.75) is 26.8 Å². The first-order valence-electron chi connectivity index (χ1n) is 5.64. The largest absolute Gasteiger partial charge is 0.477 e. The number of aromatic carboxylic acids is 1. The number of rotatable bonds is 5. The van der Waals surface area contributed by atoms with Gasteiger partial charge in [-0.3, -0.25) is 0 Å². The van der Waals surface area contributed by atoms with Crippen LogP contribution in [0.15, 0.2) is 0 Å². The number of carboxylic acids is 1. The molecule has 0 saturated carbocycles. The van der Waals surface area contributed by atoms with Gasteiger partial charge in [0.05, 0.1) is 12.2 Å². The highest BCUT2D eigenvalue weighted by Gasteiger charge is 2.14. The smallest absolute Gasteiger partial charge is 0.347 e. The van der Waals surface area contributed by atoms with Gasteiger partial charge in [-0.05, 0) is 13.3 Å². The number of aromatic nitrogens is 1. The van der Waals surface area contributed by atoms with E-state index < -0.39 is 5.97 Å². The molecule has 6 nitrogen and oxygen atoms in total. The fraction of sp³-hybridized carbons (Fsp3) is 0.545. The van der Waals surface area contributed by atoms with E-state index in [4.69, 9.17) is 5.11 Å². The average Bonchev–Trinajstić information content (AvgIpc) is 2.68. The molecule has 0 bridgehead atoms. The highest BCUT2D eigenvalue weighted by atomic mass is 32.1. The van der Waals surface area contributed by atoms with E-state index >= 15 is 0 Å². The second-order valence-corrected chi connectivity index (χ2v) is 4.99. The zero-order valence-electron chi connectivity index (χ0n) is 10.7. The normalized spacial score (nSPS) is 10.2. The van der Waals surface area contributed by atoms with Gasteiger partial charge in [0.1, 0.15) is 9.88 Å². The van der Waals surface area contributed by atoms with E-state index in [1.807, 2.05) is 6.92 Å². The molecule has 100 valence electrons. The van der Waals surface area contributed by atoms with Crippen LogP contribution in [0.5, 0.6) is 0 Å². The first kappa shape index (κ1) is 14.4. The maximum Gasteiger partial charge on any atom is 0.347 e. The minimum atomic E-state index is -0.981. The minimum Gasteiger partial charge on any atom is -0.477 e. The van der Waals surface area contributed by atoms with Crippen LogP contribution < -0.4 is 5.32 Å². The summed E-state index contributed by atoms with van der Waals surface area (Å²) < 4.78 is 0. The van der Waals surface area contributed by atoms with Crippen molar-refractivity contribution in [2.24, 2.45) is 0 Å². The van der Waals surface area contributed by atoms with Crippen LogP contribution in [0, 0.1) is 6.92 Å². The van der Waals surface area contributed by atoms with E-state index in [0.29, 0.717) is 17.2 Å². The van der Waals surface area contributed by atoms with Crippen LogP contribution in [0.2, 0.25) is 0 Å². The van der Waals surface area contributed by atoms with Crippen molar-refractivity contribution < 1.29 is 14.7 Å². The van der Waals surface area contributed by atoms with E-state index in [2.05, 4.69) is 10.3 Å². The first-order valence-corrected chi connectivity index (χ1v) is 6.46. The Hall–Kier alpha value is -1.63. The predicted octanol–water partition coefficient (Wildman–Crippen LogP) is 1.70. The van der Waals surface area contributed by atoms with Gasteiger partial charge < -0.3 is 15.3 Å². The Kier molecular flexibility index (Phi) is 5.08. The number of amides is 2. The summed E-state index contributed by atoms with van der Waals surface area (Å²) in [5.74, 6) is -0.981. The monoisotopic (exact) mass is 271 g/mol. The van der Waals surface area contributed by atoms with Gasteiger partial charge >= 0.3 is 12.0 Å². The third kappa shape index (κ3) is 3.69. The van der Waals surface area contributed by atoms with E-state index in [9.17, 15) is 9.59 Å². The summed E-state index contributed by atoms with van der Waals surface area (Å²) in [5, 5.41) is 12.2. The highest BCUT2D eigenvalue weighted by molar-refractivity contribution is 7.13. The lowest BCUT2D eigenvalue weighted by Gasteiger charge is -2.16. The molecule has 0 aliphatic carbocycles. The molecule has 0 aliphatic rings. The molecule has 1 aromatic rings. The van der Waals surface area contributed by atoms with Crippen LogP contribution >= 0.6 is 11.3 Å². The summed E-state index contributed by atoms with van der Waals surface area (Å²) in [4.78, 5) is 28.4. The van der Waals surface area contributed by atoms with Gasteiger partial charge in [0, 0.05) is 13.6 Å². The SMILES string of the molecule is CCCN(C)C(=O)NCc1nc(C)c(C(=O)O)s1. The number of urea groups is 1. The quantitative estimate of drug-likeness (QED) is 0.854. The van der Waals surface area contributed by atoms with Crippen molar-refractivity contribution in [2.75, 3.05) is 13.6 Å². The second kappa shape index (κ2) is 6.34. The molecule has 0 atom stereocenters. The number of carbonyl (C=O) groups excluding carboxylic acids is 1. The lowest BCUT2D eigenvalue weighted by atomic mass is 10.4. The Morgan fingerprint density at radius 1 is 1.50 bits per heavy atom. The molecule has 2 N–H and O–H groups in total. The molecule has 1 aromatic heterocycles. The number of hydrogen-bond acceptors (Lipinski definition) is 4. The first-order chi connectivity index (χ1) is 8.45. The molecule has 0 aromatic carbocycles. The van der Waals surface area contributed by atoms with E-state index in [0.717, 1.165) is 17.8 Å². The Morgan fingerprint density at radius 2 is 2.17 bits per heavy atom. The standard InChI is InChI=1S/C11H17N3O3S/c1-4-5-14(3)11(17)12-6-8-13-7(2)9(18-8)10(15)16/h4-6H2,1-3H3,(H,12,17)(H,15,16). The van der Waals surface area contributed by atoms with Gasteiger partial charge in [0.25, 0.3) is 0 Å². The fourth-order valence-electron chi connectivity index (χ4n) is 1.45. The van der Waals surface area contributed by atoms with Crippen LogP contribution in [0.25, 0.3) is 0 Å². The molecule has 18 heavy (non-hydrogen) atoms. The third-order valence-corrected chi connectivity index (χ3v) is 3.48. The summed E-state index contributed by atoms with van der Waals surface area (Å²) in [5.41, 5.74) is 0.485. The number of carboxylic acid groups (broad SMARTS) is 1. The van der Waals surface area contributed by atoms with Crippen LogP contribution in [-0.2, 0) is 6.54 Å². The van der Waals surface area contributed by atoms with Gasteiger partial charge in [0.2, 0.25) is 0 Å². The number of thiazole rings is 1. The van der Waals surface area contributed by atoms with Gasteiger partial charge in [-0.15, -0.1) is 11.3 Å². The summed E-state index contributed by atoms with van der Waals surface area (Å²) in [6, 6.07) is -0.179. The summed E-state index contributed by atoms with van der Waals surface area (Å²) in [6.45, 7) is 4.58. The Bertz CT molecular complexity index is 445. The Morgan fingerprint density at radius 3 is 2.67 bits per heavy atom. The molecule has 0 saturated heterocycles. The molecule has 7 heteroatoms. The van der Waals surface area contributed by atoms with Crippen LogP contribution in [0.4, 0.5) is 4.79 Å². The number of hydrogen-bond donors (Lipinski definition) is 2. The zero-order valence-corrected chi connectivity index (χ0v) is 11.5. The number of carbonyl (C=O) groups is 2. The molecule has 0 spiro atoms. The van der Waals surface area contributed by atoms with Crippen molar-refractivity contribution >= 4 is 23.3 Å². The van der Waals surface area contributed by atoms with E-state index in [1.54, 1.807) is 18.9 Å². The fourth-order valence-corrected chi connectivity index (χ4v) is 2.29. The van der Waals surface area contributed by atoms with Crippen LogP contribution in [0.1, 0.15) is 33.7 Å². The van der Waals surface area contributed by atoms with Crippen LogP contribution in [0.3, 0.4) is 0 Å². The summed E-state index contributed by atoms with van der Waals surface area (Å²) in [7, 11) is 1.72. The third-order valence-electron chi connectivity index (χ3n) is 2.33. The van der Waals surface area contributed by atoms with Gasteiger partial charge in [-0.25, -0.2) is 14.6 Å². The summed E-state index contributed by atoms with van der Waals surface area (Å²) in [6.07, 6.45) is 0.892. The molecule has 0 radical (unpaired) electrons. The lowest BCUT2D eigenvalue weighted by molar-refractivity contribution is 0.0701. The van der Waals surface area contributed by atoms with Crippen molar-refractivity contribution in [3.05, 3.63) is 15.6 Å². The van der Waals surface area contributed by atoms with Crippen molar-refractivity contribution in [3.8, 4) is 0 Å². The molecular formula is C11H17N3O3S. The molecule has 2 amide bonds. The summed E-state index contributed by atoms with van der Waals surface area (Å²) >= 11 is 1.09. The molecule has 0 unspecified atom stereocenters. The maximum absolute atomic E-state index is 11.6. The molecule has 0 fully saturated rings. The van der Waals surface area contributed by atoms with Crippen molar-refractivity contribution in [1.82, 2.24) is 15.2 Å². The Balaban J connectivity index is 2.56.